The van der Waals surface area contributed by atoms with E-state index in [1.807, 2.05) is 0 Å². The van der Waals surface area contributed by atoms with E-state index in [2.05, 4.69) is 0 Å². The standard InChI is InChI=1S/C12H15NO2/c1-8(14)9-6-4-5-7-10(9)12(2,3)11(13)15/h4-7H,1-3H3,(H2,13,15). The highest BCUT2D eigenvalue weighted by molar-refractivity contribution is 5.98. The molecule has 15 heavy (non-hydrogen) atoms. The summed E-state index contributed by atoms with van der Waals surface area (Å²) in [6.45, 7) is 4.92. The molecule has 0 atom stereocenters. The second-order valence-corrected chi connectivity index (χ2v) is 4.09. The molecular weight excluding hydrogens is 190 g/mol. The zero-order valence-electron chi connectivity index (χ0n) is 9.20. The third-order valence-corrected chi connectivity index (χ3v) is 2.60. The van der Waals surface area contributed by atoms with Crippen LogP contribution in [0.3, 0.4) is 0 Å². The number of carbonyl (C=O) groups is 2. The van der Waals surface area contributed by atoms with Crippen molar-refractivity contribution in [1.29, 1.82) is 0 Å². The fourth-order valence-electron chi connectivity index (χ4n) is 1.47. The molecule has 0 heterocycles. The molecule has 1 rings (SSSR count). The third-order valence-electron chi connectivity index (χ3n) is 2.60. The van der Waals surface area contributed by atoms with Crippen LogP contribution in [0.2, 0.25) is 0 Å². The van der Waals surface area contributed by atoms with Gasteiger partial charge in [0.2, 0.25) is 5.91 Å². The lowest BCUT2D eigenvalue weighted by atomic mass is 9.80. The van der Waals surface area contributed by atoms with Gasteiger partial charge in [0.15, 0.2) is 5.78 Å². The number of nitrogens with two attached hydrogens (primary N) is 1. The average molecular weight is 205 g/mol. The van der Waals surface area contributed by atoms with Gasteiger partial charge in [0, 0.05) is 5.56 Å². The van der Waals surface area contributed by atoms with Gasteiger partial charge in [-0.25, -0.2) is 0 Å². The van der Waals surface area contributed by atoms with Crippen LogP contribution < -0.4 is 5.73 Å². The highest BCUT2D eigenvalue weighted by atomic mass is 16.1. The zero-order chi connectivity index (χ0) is 11.6. The molecule has 1 aromatic carbocycles. The summed E-state index contributed by atoms with van der Waals surface area (Å²) < 4.78 is 0. The average Bonchev–Trinajstić information content (AvgIpc) is 2.17. The molecule has 1 aromatic rings. The van der Waals surface area contributed by atoms with E-state index in [1.165, 1.54) is 6.92 Å². The monoisotopic (exact) mass is 205 g/mol. The maximum absolute atomic E-state index is 11.4. The topological polar surface area (TPSA) is 60.2 Å². The van der Waals surface area contributed by atoms with E-state index in [-0.39, 0.29) is 5.78 Å². The van der Waals surface area contributed by atoms with Gasteiger partial charge in [-0.2, -0.15) is 0 Å². The first-order valence-electron chi connectivity index (χ1n) is 4.77. The van der Waals surface area contributed by atoms with Crippen molar-refractivity contribution < 1.29 is 9.59 Å². The number of hydrogen-bond acceptors (Lipinski definition) is 2. The van der Waals surface area contributed by atoms with Crippen LogP contribution in [0.25, 0.3) is 0 Å². The summed E-state index contributed by atoms with van der Waals surface area (Å²) in [5, 5.41) is 0. The van der Waals surface area contributed by atoms with E-state index in [0.29, 0.717) is 11.1 Å². The Morgan fingerprint density at radius 1 is 1.20 bits per heavy atom. The second kappa shape index (κ2) is 3.85. The number of carbonyl (C=O) groups excluding carboxylic acids is 2. The van der Waals surface area contributed by atoms with Crippen LogP contribution in [0.5, 0.6) is 0 Å². The van der Waals surface area contributed by atoms with Crippen LogP contribution in [0.1, 0.15) is 36.7 Å². The Bertz CT molecular complexity index is 408. The summed E-state index contributed by atoms with van der Waals surface area (Å²) in [5.74, 6) is -0.490. The minimum Gasteiger partial charge on any atom is -0.369 e. The van der Waals surface area contributed by atoms with E-state index >= 15 is 0 Å². The number of hydrogen-bond donors (Lipinski definition) is 1. The third kappa shape index (κ3) is 2.06. The SMILES string of the molecule is CC(=O)c1ccccc1C(C)(C)C(N)=O. The largest absolute Gasteiger partial charge is 0.369 e. The van der Waals surface area contributed by atoms with Crippen LogP contribution in [0.15, 0.2) is 24.3 Å². The maximum atomic E-state index is 11.4. The highest BCUT2D eigenvalue weighted by Crippen LogP contribution is 2.26. The zero-order valence-corrected chi connectivity index (χ0v) is 9.20. The van der Waals surface area contributed by atoms with Gasteiger partial charge in [-0.15, -0.1) is 0 Å². The normalized spacial score (nSPS) is 11.1. The quantitative estimate of drug-likeness (QED) is 0.763. The Morgan fingerprint density at radius 3 is 2.20 bits per heavy atom. The van der Waals surface area contributed by atoms with Gasteiger partial charge < -0.3 is 5.73 Å². The molecule has 0 radical (unpaired) electrons. The smallest absolute Gasteiger partial charge is 0.227 e. The molecule has 80 valence electrons. The fraction of sp³-hybridized carbons (Fsp3) is 0.333. The summed E-state index contributed by atoms with van der Waals surface area (Å²) >= 11 is 0. The minimum absolute atomic E-state index is 0.0556. The second-order valence-electron chi connectivity index (χ2n) is 4.09. The molecule has 3 nitrogen and oxygen atoms in total. The first kappa shape index (κ1) is 11.4. The lowest BCUT2D eigenvalue weighted by Crippen LogP contribution is -2.36. The molecule has 0 aliphatic heterocycles. The van der Waals surface area contributed by atoms with Crippen molar-refractivity contribution in [2.75, 3.05) is 0 Å². The molecule has 0 aromatic heterocycles. The molecule has 0 unspecified atom stereocenters. The molecule has 0 fully saturated rings. The van der Waals surface area contributed by atoms with Gasteiger partial charge >= 0.3 is 0 Å². The van der Waals surface area contributed by atoms with Crippen molar-refractivity contribution in [2.24, 2.45) is 5.73 Å². The summed E-state index contributed by atoms with van der Waals surface area (Å²) in [5.41, 5.74) is 5.75. The van der Waals surface area contributed by atoms with Gasteiger partial charge in [-0.3, -0.25) is 9.59 Å². The van der Waals surface area contributed by atoms with Gasteiger partial charge in [0.25, 0.3) is 0 Å². The number of primary amides is 1. The Morgan fingerprint density at radius 2 is 1.73 bits per heavy atom. The van der Waals surface area contributed by atoms with Crippen LogP contribution >= 0.6 is 0 Å². The van der Waals surface area contributed by atoms with Crippen molar-refractivity contribution in [3.8, 4) is 0 Å². The Labute approximate surface area is 89.3 Å². The van der Waals surface area contributed by atoms with E-state index in [4.69, 9.17) is 5.73 Å². The summed E-state index contributed by atoms with van der Waals surface area (Å²) in [6, 6.07) is 7.05. The Hall–Kier alpha value is -1.64. The van der Waals surface area contributed by atoms with Gasteiger partial charge in [-0.1, -0.05) is 24.3 Å². The number of amides is 1. The van der Waals surface area contributed by atoms with E-state index in [9.17, 15) is 9.59 Å². The van der Waals surface area contributed by atoms with Gasteiger partial charge in [-0.05, 0) is 26.3 Å². The van der Waals surface area contributed by atoms with Gasteiger partial charge in [0.1, 0.15) is 0 Å². The molecule has 0 saturated carbocycles. The number of Topliss-reactive ketones (excluding diaryl/α,β-unsaturated/α-hetero) is 1. The fourth-order valence-corrected chi connectivity index (χ4v) is 1.47. The summed E-state index contributed by atoms with van der Waals surface area (Å²) in [6.07, 6.45) is 0. The van der Waals surface area contributed by atoms with E-state index in [0.717, 1.165) is 0 Å². The van der Waals surface area contributed by atoms with Crippen molar-refractivity contribution in [2.45, 2.75) is 26.2 Å². The van der Waals surface area contributed by atoms with Crippen LogP contribution in [-0.2, 0) is 10.2 Å². The lowest BCUT2D eigenvalue weighted by molar-refractivity contribution is -0.122. The molecule has 2 N–H and O–H groups in total. The highest BCUT2D eigenvalue weighted by Gasteiger charge is 2.30. The van der Waals surface area contributed by atoms with Crippen molar-refractivity contribution in [3.63, 3.8) is 0 Å². The summed E-state index contributed by atoms with van der Waals surface area (Å²) in [4.78, 5) is 22.7. The molecule has 0 spiro atoms. The molecule has 0 aliphatic carbocycles. The van der Waals surface area contributed by atoms with E-state index in [1.54, 1.807) is 38.1 Å². The van der Waals surface area contributed by atoms with Crippen molar-refractivity contribution >= 4 is 11.7 Å². The Kier molecular flexibility index (Phi) is 2.93. The Balaban J connectivity index is 3.37. The number of rotatable bonds is 3. The maximum Gasteiger partial charge on any atom is 0.227 e. The number of benzene rings is 1. The van der Waals surface area contributed by atoms with Crippen molar-refractivity contribution in [1.82, 2.24) is 0 Å². The predicted molar refractivity (Wildman–Crippen MR) is 58.7 cm³/mol. The van der Waals surface area contributed by atoms with Crippen molar-refractivity contribution in [3.05, 3.63) is 35.4 Å². The van der Waals surface area contributed by atoms with E-state index < -0.39 is 11.3 Å². The molecule has 0 aliphatic rings. The van der Waals surface area contributed by atoms with Crippen LogP contribution in [0.4, 0.5) is 0 Å². The van der Waals surface area contributed by atoms with Gasteiger partial charge in [0.05, 0.1) is 5.41 Å². The first-order chi connectivity index (χ1) is 6.87. The number of ketones is 1. The van der Waals surface area contributed by atoms with Crippen LogP contribution in [-0.4, -0.2) is 11.7 Å². The molecule has 0 bridgehead atoms. The minimum atomic E-state index is -0.817. The first-order valence-corrected chi connectivity index (χ1v) is 4.77. The molecule has 1 amide bonds. The molecular formula is C12H15NO2. The summed E-state index contributed by atoms with van der Waals surface area (Å²) in [7, 11) is 0. The lowest BCUT2D eigenvalue weighted by Gasteiger charge is -2.23. The molecule has 0 saturated heterocycles. The molecule has 3 heteroatoms. The van der Waals surface area contributed by atoms with Crippen LogP contribution in [0, 0.1) is 0 Å². The predicted octanol–water partition coefficient (Wildman–Crippen LogP) is 1.65.